The summed E-state index contributed by atoms with van der Waals surface area (Å²) >= 11 is 0. The van der Waals surface area contributed by atoms with Gasteiger partial charge in [-0.15, -0.1) is 12.4 Å². The van der Waals surface area contributed by atoms with Gasteiger partial charge in [0.15, 0.2) is 0 Å². The van der Waals surface area contributed by atoms with Gasteiger partial charge in [0.25, 0.3) is 0 Å². The van der Waals surface area contributed by atoms with Gasteiger partial charge in [0.2, 0.25) is 0 Å². The van der Waals surface area contributed by atoms with E-state index in [1.807, 2.05) is 0 Å². The summed E-state index contributed by atoms with van der Waals surface area (Å²) in [6, 6.07) is 72.0. The Labute approximate surface area is 312 Å². The fourth-order valence-electron chi connectivity index (χ4n) is 6.05. The molecule has 6 rings (SSSR count). The van der Waals surface area contributed by atoms with Crippen molar-refractivity contribution >= 4 is 76.8 Å². The van der Waals surface area contributed by atoms with Crippen molar-refractivity contribution in [1.29, 1.82) is 0 Å². The first-order valence-electron chi connectivity index (χ1n) is 16.3. The van der Waals surface area contributed by atoms with Gasteiger partial charge in [0.1, 0.15) is 0 Å². The van der Waals surface area contributed by atoms with Gasteiger partial charge in [0, 0.05) is 8.80 Å². The van der Waals surface area contributed by atoms with Crippen molar-refractivity contribution in [2.24, 2.45) is 0 Å². The smallest absolute Gasteiger partial charge is 0.147 e. The van der Waals surface area contributed by atoms with Gasteiger partial charge in [-0.3, -0.25) is 0 Å². The first kappa shape index (κ1) is 38.5. The Kier molecular flexibility index (Phi) is 16.9. The molecule has 6 heteroatoms. The zero-order valence-corrected chi connectivity index (χ0v) is 33.3. The normalized spacial score (nSPS) is 11.0. The van der Waals surface area contributed by atoms with E-state index in [1.54, 1.807) is 0 Å². The predicted molar refractivity (Wildman–Crippen MR) is 219 cm³/mol. The maximum Gasteiger partial charge on any atom is 2.00 e. The fraction of sp³-hybridized carbons (Fsp3) is 0.143. The molecule has 0 aromatic heterocycles. The number of rotatable bonds is 15. The fourth-order valence-corrected chi connectivity index (χ4v) is 18.9. The van der Waals surface area contributed by atoms with Crippen molar-refractivity contribution in [3.8, 4) is 0 Å². The molecule has 0 heterocycles. The molecule has 0 spiro atoms. The average Bonchev–Trinajstić information content (AvgIpc) is 3.14. The van der Waals surface area contributed by atoms with E-state index in [0.29, 0.717) is 0 Å². The molecule has 0 saturated carbocycles. The average molecular weight is 807 g/mol. The minimum absolute atomic E-state index is 0. The summed E-state index contributed by atoms with van der Waals surface area (Å²) < 4.78 is 0. The summed E-state index contributed by atoms with van der Waals surface area (Å²) in [6.07, 6.45) is 3.84. The molecule has 0 saturated heterocycles. The zero-order chi connectivity index (χ0) is 31.2. The molecule has 48 heavy (non-hydrogen) atoms. The van der Waals surface area contributed by atoms with Crippen molar-refractivity contribution in [3.63, 3.8) is 0 Å². The van der Waals surface area contributed by atoms with E-state index in [1.165, 1.54) is 68.4 Å². The van der Waals surface area contributed by atoms with Crippen LogP contribution >= 0.6 is 36.2 Å². The molecule has 0 bridgehead atoms. The van der Waals surface area contributed by atoms with Gasteiger partial charge in [-0.25, -0.2) is 0 Å². The van der Waals surface area contributed by atoms with Gasteiger partial charge in [-0.1, -0.05) is 200 Å². The Bertz CT molecular complexity index is 1370. The monoisotopic (exact) mass is 806 g/mol. The van der Waals surface area contributed by atoms with E-state index in [4.69, 9.17) is 0 Å². The maximum absolute atomic E-state index is 2.36. The molecule has 0 nitrogen and oxygen atoms in total. The first-order valence-corrected chi connectivity index (χ1v) is 23.0. The largest absolute Gasteiger partial charge is 2.00 e. The number of benzene rings is 6. The second-order valence-corrected chi connectivity index (χ2v) is 21.5. The molecule has 0 aliphatic heterocycles. The van der Waals surface area contributed by atoms with Gasteiger partial charge in [-0.05, 0) is 74.1 Å². The molecule has 2 radical (unpaired) electrons. The molecule has 0 fully saturated rings. The van der Waals surface area contributed by atoms with Crippen molar-refractivity contribution in [3.05, 3.63) is 182 Å². The van der Waals surface area contributed by atoms with E-state index in [0.717, 1.165) is 0 Å². The van der Waals surface area contributed by atoms with Crippen LogP contribution < -0.4 is 31.8 Å². The van der Waals surface area contributed by atoms with Crippen LogP contribution in [0, 0.1) is 0 Å². The molecule has 0 N–H and O–H groups in total. The Morgan fingerprint density at radius 2 is 0.458 bits per heavy atom. The molecule has 0 unspecified atom stereocenters. The maximum atomic E-state index is 2.36. The van der Waals surface area contributed by atoms with E-state index in [2.05, 4.69) is 182 Å². The van der Waals surface area contributed by atoms with Crippen LogP contribution in [-0.4, -0.2) is 27.3 Å². The van der Waals surface area contributed by atoms with Crippen LogP contribution in [0.2, 0.25) is 18.1 Å². The quantitative estimate of drug-likeness (QED) is 0.0718. The summed E-state index contributed by atoms with van der Waals surface area (Å²) in [5.41, 5.74) is 0. The Morgan fingerprint density at radius 3 is 0.625 bits per heavy atom. The SMILES string of the molecule is Cl.[Rh+2].c1ccc(P(CC[Si](CCP(c2ccccc2)c2ccccc2)CCP(c2ccccc2)c2ccccc2)c2ccccc2)cc1. The van der Waals surface area contributed by atoms with Crippen LogP contribution in [0.4, 0.5) is 0 Å². The molecule has 6 aromatic rings. The van der Waals surface area contributed by atoms with E-state index in [9.17, 15) is 0 Å². The van der Waals surface area contributed by atoms with Gasteiger partial charge < -0.3 is 0 Å². The van der Waals surface area contributed by atoms with Crippen molar-refractivity contribution in [2.75, 3.05) is 18.5 Å². The zero-order valence-electron chi connectivity index (χ0n) is 27.1. The third kappa shape index (κ3) is 11.1. The van der Waals surface area contributed by atoms with Crippen molar-refractivity contribution in [2.45, 2.75) is 18.1 Å². The molecule has 0 amide bonds. The van der Waals surface area contributed by atoms with Crippen molar-refractivity contribution < 1.29 is 19.5 Å². The van der Waals surface area contributed by atoms with Crippen LogP contribution in [0.5, 0.6) is 0 Å². The molecular weight excluding hydrogens is 764 g/mol. The number of hydrogen-bond acceptors (Lipinski definition) is 0. The molecule has 244 valence electrons. The molecule has 0 atom stereocenters. The van der Waals surface area contributed by atoms with Crippen LogP contribution in [0.15, 0.2) is 182 Å². The summed E-state index contributed by atoms with van der Waals surface area (Å²) in [6.45, 7) is 0. The third-order valence-electron chi connectivity index (χ3n) is 8.47. The van der Waals surface area contributed by atoms with Crippen LogP contribution in [0.25, 0.3) is 0 Å². The second kappa shape index (κ2) is 21.1. The summed E-state index contributed by atoms with van der Waals surface area (Å²) in [7, 11) is -1.75. The van der Waals surface area contributed by atoms with Crippen molar-refractivity contribution in [1.82, 2.24) is 0 Å². The summed E-state index contributed by atoms with van der Waals surface area (Å²) in [5, 5.41) is 9.06. The number of hydrogen-bond donors (Lipinski definition) is 0. The molecular formula is C42H43ClP3RhSi+2. The van der Waals surface area contributed by atoms with Crippen LogP contribution in [0.1, 0.15) is 0 Å². The van der Waals surface area contributed by atoms with Gasteiger partial charge in [-0.2, -0.15) is 0 Å². The second-order valence-electron chi connectivity index (χ2n) is 11.5. The molecule has 0 aliphatic rings. The van der Waals surface area contributed by atoms with E-state index in [-0.39, 0.29) is 55.6 Å². The summed E-state index contributed by atoms with van der Waals surface area (Å²) in [5.74, 6) is 0. The molecule has 0 aliphatic carbocycles. The van der Waals surface area contributed by atoms with E-state index >= 15 is 0 Å². The topological polar surface area (TPSA) is 0 Å². The Hall–Kier alpha value is -2.26. The first-order chi connectivity index (χ1) is 22.8. The third-order valence-corrected chi connectivity index (χ3v) is 20.1. The molecule has 6 aromatic carbocycles. The van der Waals surface area contributed by atoms with Crippen LogP contribution in [-0.2, 0) is 19.5 Å². The van der Waals surface area contributed by atoms with Crippen LogP contribution in [0.3, 0.4) is 0 Å². The Morgan fingerprint density at radius 1 is 0.292 bits per heavy atom. The van der Waals surface area contributed by atoms with Gasteiger partial charge >= 0.3 is 19.5 Å². The predicted octanol–water partition coefficient (Wildman–Crippen LogP) is 9.30. The summed E-state index contributed by atoms with van der Waals surface area (Å²) in [4.78, 5) is 0. The standard InChI is InChI=1S/C42H42P3Si.ClH.Rh/c1-7-19-37(20-8-1)43(38-21-9-2-10-22-38)31-34-46(35-32-44(39-23-11-3-12-24-39)40-25-13-4-14-26-40)36-33-45(41-27-15-5-16-28-41)42-29-17-6-18-30-42;;/h1-30H,31-36H2;1H;/q;;+2. The minimum Gasteiger partial charge on any atom is -0.147 e. The minimum atomic E-state index is -0.623. The Balaban J connectivity index is 0.00000260. The number of halogens is 1. The van der Waals surface area contributed by atoms with Gasteiger partial charge in [0.05, 0.1) is 0 Å². The van der Waals surface area contributed by atoms with E-state index < -0.39 is 8.80 Å².